The second kappa shape index (κ2) is 19.9. The summed E-state index contributed by atoms with van der Waals surface area (Å²) in [6, 6.07) is 0.195. The van der Waals surface area contributed by atoms with Crippen LogP contribution in [-0.4, -0.2) is 89.8 Å². The van der Waals surface area contributed by atoms with Crippen molar-refractivity contribution in [2.45, 2.75) is 40.2 Å². The van der Waals surface area contributed by atoms with Crippen LogP contribution in [0.5, 0.6) is 0 Å². The van der Waals surface area contributed by atoms with Crippen LogP contribution in [0.3, 0.4) is 0 Å². The fourth-order valence-electron chi connectivity index (χ4n) is 1.86. The van der Waals surface area contributed by atoms with Gasteiger partial charge < -0.3 is 29.5 Å². The average molecular weight is 418 g/mol. The van der Waals surface area contributed by atoms with Crippen molar-refractivity contribution in [1.82, 2.24) is 0 Å². The minimum atomic E-state index is 0.0662. The third-order valence-electron chi connectivity index (χ3n) is 3.56. The lowest BCUT2D eigenvalue weighted by Gasteiger charge is -2.08. The fourth-order valence-corrected chi connectivity index (χ4v) is 1.86. The van der Waals surface area contributed by atoms with Crippen LogP contribution in [0.4, 0.5) is 0 Å². The van der Waals surface area contributed by atoms with Gasteiger partial charge in [0.25, 0.3) is 0 Å². The molecule has 0 aliphatic rings. The lowest BCUT2D eigenvalue weighted by Crippen LogP contribution is -2.17. The van der Waals surface area contributed by atoms with Gasteiger partial charge in [0.05, 0.1) is 66.1 Å². The fraction of sp³-hybridized carbons (Fsp3) is 0.850. The first-order valence-electron chi connectivity index (χ1n) is 10.2. The molecule has 9 heteroatoms. The normalized spacial score (nSPS) is 12.6. The molecule has 9 nitrogen and oxygen atoms in total. The Morgan fingerprint density at radius 1 is 0.793 bits per heavy atom. The van der Waals surface area contributed by atoms with E-state index in [0.29, 0.717) is 78.2 Å². The number of nitrogens with two attached hydrogens (primary N) is 1. The molecule has 0 aromatic carbocycles. The molecule has 0 heterocycles. The van der Waals surface area contributed by atoms with E-state index in [1.807, 2.05) is 27.7 Å². The van der Waals surface area contributed by atoms with Crippen LogP contribution in [0, 0.1) is 5.92 Å². The van der Waals surface area contributed by atoms with Gasteiger partial charge in [0.1, 0.15) is 11.5 Å². The zero-order valence-corrected chi connectivity index (χ0v) is 18.4. The summed E-state index contributed by atoms with van der Waals surface area (Å²) in [5, 5.41) is 3.62. The number of hydrogen-bond acceptors (Lipinski definition) is 9. The van der Waals surface area contributed by atoms with E-state index in [1.54, 1.807) is 6.21 Å². The van der Waals surface area contributed by atoms with E-state index in [9.17, 15) is 4.79 Å². The first kappa shape index (κ1) is 27.6. The smallest absolute Gasteiger partial charge is 0.137 e. The maximum absolute atomic E-state index is 11.4. The predicted octanol–water partition coefficient (Wildman–Crippen LogP) is 1.48. The summed E-state index contributed by atoms with van der Waals surface area (Å²) in [5.41, 5.74) is 0.594. The zero-order chi connectivity index (χ0) is 21.7. The van der Waals surface area contributed by atoms with Crippen LogP contribution in [0.2, 0.25) is 0 Å². The van der Waals surface area contributed by atoms with Gasteiger partial charge in [-0.15, -0.1) is 0 Å². The van der Waals surface area contributed by atoms with Crippen molar-refractivity contribution >= 4 is 17.7 Å². The molecule has 0 amide bonds. The Kier molecular flexibility index (Phi) is 19.0. The van der Waals surface area contributed by atoms with Crippen molar-refractivity contribution in [1.29, 1.82) is 0 Å². The molecule has 0 aromatic heterocycles. The van der Waals surface area contributed by atoms with E-state index in [1.165, 1.54) is 0 Å². The third-order valence-corrected chi connectivity index (χ3v) is 3.56. The van der Waals surface area contributed by atoms with Gasteiger partial charge in [-0.1, -0.05) is 13.8 Å². The van der Waals surface area contributed by atoms with Crippen LogP contribution in [0.25, 0.3) is 0 Å². The largest absolute Gasteiger partial charge is 0.379 e. The molecule has 0 aliphatic carbocycles. The average Bonchev–Trinajstić information content (AvgIpc) is 2.69. The summed E-state index contributed by atoms with van der Waals surface area (Å²) in [7, 11) is 0. The van der Waals surface area contributed by atoms with Gasteiger partial charge in [-0.05, 0) is 13.8 Å². The minimum absolute atomic E-state index is 0.0662. The molecule has 0 atom stereocenters. The third kappa shape index (κ3) is 19.7. The summed E-state index contributed by atoms with van der Waals surface area (Å²) in [6.07, 6.45) is 2.08. The van der Waals surface area contributed by atoms with Gasteiger partial charge in [-0.3, -0.25) is 9.79 Å². The molecule has 29 heavy (non-hydrogen) atoms. The highest BCUT2D eigenvalue weighted by atomic mass is 16.6. The van der Waals surface area contributed by atoms with Crippen molar-refractivity contribution in [2.24, 2.45) is 21.9 Å². The topological polar surface area (TPSA) is 114 Å². The van der Waals surface area contributed by atoms with E-state index in [-0.39, 0.29) is 17.7 Å². The van der Waals surface area contributed by atoms with E-state index in [2.05, 4.69) is 10.1 Å². The molecule has 0 radical (unpaired) electrons. The number of carbonyl (C=O) groups is 1. The molecule has 2 N–H and O–H groups in total. The Bertz CT molecular complexity index is 455. The van der Waals surface area contributed by atoms with Crippen molar-refractivity contribution in [3.05, 3.63) is 0 Å². The van der Waals surface area contributed by atoms with E-state index >= 15 is 0 Å². The number of rotatable bonds is 20. The number of hydrazone groups is 1. The second-order valence-electron chi connectivity index (χ2n) is 6.87. The lowest BCUT2D eigenvalue weighted by atomic mass is 10.1. The van der Waals surface area contributed by atoms with Crippen molar-refractivity contribution < 1.29 is 28.5 Å². The summed E-state index contributed by atoms with van der Waals surface area (Å²) in [5.74, 6) is 5.57. The highest BCUT2D eigenvalue weighted by Crippen LogP contribution is 1.98. The van der Waals surface area contributed by atoms with Crippen LogP contribution >= 0.6 is 0 Å². The molecule has 0 spiro atoms. The number of hydrogen-bond donors (Lipinski definition) is 1. The number of Topliss-reactive ketones (excluding diaryl/α,β-unsaturated/α-hetero) is 1. The predicted molar refractivity (Wildman–Crippen MR) is 114 cm³/mol. The summed E-state index contributed by atoms with van der Waals surface area (Å²) in [4.78, 5) is 15.6. The zero-order valence-electron chi connectivity index (χ0n) is 18.4. The number of nitrogens with zero attached hydrogens (tertiary/aromatic N) is 2. The summed E-state index contributed by atoms with van der Waals surface area (Å²) >= 11 is 0. The van der Waals surface area contributed by atoms with Gasteiger partial charge in [0.15, 0.2) is 0 Å². The van der Waals surface area contributed by atoms with E-state index in [4.69, 9.17) is 29.5 Å². The van der Waals surface area contributed by atoms with Crippen LogP contribution in [0.1, 0.15) is 34.1 Å². The molecule has 0 saturated heterocycles. The first-order chi connectivity index (χ1) is 14.0. The summed E-state index contributed by atoms with van der Waals surface area (Å²) in [6.45, 7) is 12.3. The van der Waals surface area contributed by atoms with Gasteiger partial charge in [0, 0.05) is 24.6 Å². The SMILES string of the molecule is CC(C)N=C/C(COCCOCCOCCOCCOCCC(=O)C(C)C)=N\N. The molecular formula is C20H39N3O6. The molecule has 0 bridgehead atoms. The highest BCUT2D eigenvalue weighted by molar-refractivity contribution is 6.31. The number of ether oxygens (including phenoxy) is 5. The van der Waals surface area contributed by atoms with Crippen molar-refractivity contribution in [2.75, 3.05) is 66.1 Å². The Balaban J connectivity index is 3.29. The molecular weight excluding hydrogens is 378 g/mol. The minimum Gasteiger partial charge on any atom is -0.379 e. The van der Waals surface area contributed by atoms with Crippen molar-refractivity contribution in [3.8, 4) is 0 Å². The van der Waals surface area contributed by atoms with Gasteiger partial charge >= 0.3 is 0 Å². The molecule has 0 aliphatic heterocycles. The molecule has 0 fully saturated rings. The standard InChI is InChI=1S/C20H39N3O6/c1-17(2)20(24)5-6-25-7-8-26-9-10-27-11-12-28-13-14-29-16-19(23-21)15-22-18(3)4/h15,17-18H,5-14,16,21H2,1-4H3/b22-15?,23-19+. The first-order valence-corrected chi connectivity index (χ1v) is 10.2. The van der Waals surface area contributed by atoms with Crippen LogP contribution in [-0.2, 0) is 28.5 Å². The van der Waals surface area contributed by atoms with Crippen LogP contribution in [0.15, 0.2) is 10.1 Å². The Hall–Kier alpha value is -1.39. The van der Waals surface area contributed by atoms with Gasteiger partial charge in [0.2, 0.25) is 0 Å². The monoisotopic (exact) mass is 417 g/mol. The second-order valence-corrected chi connectivity index (χ2v) is 6.87. The molecule has 170 valence electrons. The van der Waals surface area contributed by atoms with Crippen molar-refractivity contribution in [3.63, 3.8) is 0 Å². The van der Waals surface area contributed by atoms with E-state index < -0.39 is 0 Å². The van der Waals surface area contributed by atoms with Gasteiger partial charge in [-0.2, -0.15) is 5.10 Å². The lowest BCUT2D eigenvalue weighted by molar-refractivity contribution is -0.123. The maximum Gasteiger partial charge on any atom is 0.137 e. The van der Waals surface area contributed by atoms with E-state index in [0.717, 1.165) is 0 Å². The number of aliphatic imine (C=N–C) groups is 1. The van der Waals surface area contributed by atoms with Gasteiger partial charge in [-0.25, -0.2) is 0 Å². The Labute approximate surface area is 175 Å². The molecule has 0 rings (SSSR count). The van der Waals surface area contributed by atoms with Crippen LogP contribution < -0.4 is 5.84 Å². The molecule has 0 saturated carbocycles. The summed E-state index contributed by atoms with van der Waals surface area (Å²) < 4.78 is 27.0. The highest BCUT2D eigenvalue weighted by Gasteiger charge is 2.06. The quantitative estimate of drug-likeness (QED) is 0.138. The molecule has 0 unspecified atom stereocenters. The Morgan fingerprint density at radius 3 is 1.66 bits per heavy atom. The Morgan fingerprint density at radius 2 is 1.24 bits per heavy atom. The maximum atomic E-state index is 11.4. The number of carbonyl (C=O) groups excluding carboxylic acids is 1. The molecule has 0 aromatic rings. The number of ketones is 1.